The maximum atomic E-state index is 15.0. The number of fused-ring (bicyclic) bond motifs is 1. The van der Waals surface area contributed by atoms with Crippen molar-refractivity contribution >= 4 is 17.4 Å². The molecule has 1 aliphatic rings. The quantitative estimate of drug-likeness (QED) is 0.860. The number of anilines is 1. The fourth-order valence-corrected chi connectivity index (χ4v) is 2.56. The molecule has 0 aromatic heterocycles. The molecular formula is C17H14FNO2. The van der Waals surface area contributed by atoms with Gasteiger partial charge in [0.15, 0.2) is 0 Å². The Kier molecular flexibility index (Phi) is 3.29. The summed E-state index contributed by atoms with van der Waals surface area (Å²) in [6, 6.07) is 15.4. The molecule has 21 heavy (non-hydrogen) atoms. The topological polar surface area (TPSA) is 46.2 Å². The van der Waals surface area contributed by atoms with E-state index in [0.717, 1.165) is 5.56 Å². The van der Waals surface area contributed by atoms with E-state index in [1.807, 2.05) is 0 Å². The molecule has 1 atom stereocenters. The van der Waals surface area contributed by atoms with Gasteiger partial charge < -0.3 is 5.32 Å². The van der Waals surface area contributed by atoms with E-state index in [2.05, 4.69) is 5.32 Å². The van der Waals surface area contributed by atoms with Crippen LogP contribution in [0.5, 0.6) is 0 Å². The van der Waals surface area contributed by atoms with E-state index in [9.17, 15) is 14.0 Å². The lowest BCUT2D eigenvalue weighted by atomic mass is 9.80. The van der Waals surface area contributed by atoms with Gasteiger partial charge in [0, 0.05) is 17.7 Å². The molecule has 2 aromatic rings. The third-order valence-electron chi connectivity index (χ3n) is 3.75. The van der Waals surface area contributed by atoms with Crippen LogP contribution in [0.15, 0.2) is 54.6 Å². The summed E-state index contributed by atoms with van der Waals surface area (Å²) in [7, 11) is 0. The smallest absolute Gasteiger partial charge is 0.270 e. The van der Waals surface area contributed by atoms with Gasteiger partial charge in [-0.1, -0.05) is 42.5 Å². The number of hydrogen-bond donors (Lipinski definition) is 1. The number of nitrogens with one attached hydrogen (secondary N) is 1. The second-order valence-corrected chi connectivity index (χ2v) is 5.11. The number of aryl methyl sites for hydroxylation is 1. The second-order valence-electron chi connectivity index (χ2n) is 5.11. The Morgan fingerprint density at radius 3 is 2.48 bits per heavy atom. The van der Waals surface area contributed by atoms with Crippen molar-refractivity contribution in [1.82, 2.24) is 0 Å². The molecule has 0 spiro atoms. The molecule has 3 rings (SSSR count). The first-order valence-electron chi connectivity index (χ1n) is 6.79. The van der Waals surface area contributed by atoms with Gasteiger partial charge in [-0.05, 0) is 24.1 Å². The van der Waals surface area contributed by atoms with Crippen molar-refractivity contribution in [3.8, 4) is 0 Å². The maximum Gasteiger partial charge on any atom is 0.270 e. The Bertz CT molecular complexity index is 699. The fraction of sp³-hybridized carbons (Fsp3) is 0.176. The molecule has 0 radical (unpaired) electrons. The SMILES string of the molecule is O=C(Nc1ccccc1)[C@]1(F)CCc2ccccc2C1=O. The van der Waals surface area contributed by atoms with Gasteiger partial charge in [-0.15, -0.1) is 0 Å². The zero-order valence-electron chi connectivity index (χ0n) is 11.3. The van der Waals surface area contributed by atoms with Crippen LogP contribution in [-0.4, -0.2) is 17.4 Å². The van der Waals surface area contributed by atoms with Gasteiger partial charge in [-0.25, -0.2) is 4.39 Å². The number of para-hydroxylation sites is 1. The van der Waals surface area contributed by atoms with Crippen LogP contribution in [0.25, 0.3) is 0 Å². The number of benzene rings is 2. The fourth-order valence-electron chi connectivity index (χ4n) is 2.56. The van der Waals surface area contributed by atoms with E-state index in [0.29, 0.717) is 17.7 Å². The van der Waals surface area contributed by atoms with Gasteiger partial charge in [0.1, 0.15) is 0 Å². The molecule has 1 N–H and O–H groups in total. The highest BCUT2D eigenvalue weighted by molar-refractivity contribution is 6.21. The van der Waals surface area contributed by atoms with Crippen molar-refractivity contribution in [3.63, 3.8) is 0 Å². The van der Waals surface area contributed by atoms with Crippen LogP contribution in [0, 0.1) is 0 Å². The molecule has 2 aromatic carbocycles. The number of ketones is 1. The summed E-state index contributed by atoms with van der Waals surface area (Å²) in [4.78, 5) is 24.5. The van der Waals surface area contributed by atoms with Crippen molar-refractivity contribution in [3.05, 3.63) is 65.7 Å². The standard InChI is InChI=1S/C17H14FNO2/c18-17(16(21)19-13-7-2-1-3-8-13)11-10-12-6-4-5-9-14(12)15(17)20/h1-9H,10-11H2,(H,19,21)/t17-/m0/s1. The summed E-state index contributed by atoms with van der Waals surface area (Å²) >= 11 is 0. The molecule has 0 fully saturated rings. The van der Waals surface area contributed by atoms with Gasteiger partial charge in [-0.3, -0.25) is 9.59 Å². The van der Waals surface area contributed by atoms with E-state index in [1.54, 1.807) is 54.6 Å². The summed E-state index contributed by atoms with van der Waals surface area (Å²) in [5, 5.41) is 2.48. The van der Waals surface area contributed by atoms with Crippen molar-refractivity contribution in [1.29, 1.82) is 0 Å². The molecule has 4 heteroatoms. The highest BCUT2D eigenvalue weighted by atomic mass is 19.1. The van der Waals surface area contributed by atoms with Crippen molar-refractivity contribution in [2.24, 2.45) is 0 Å². The van der Waals surface area contributed by atoms with Crippen LogP contribution in [-0.2, 0) is 11.2 Å². The van der Waals surface area contributed by atoms with Gasteiger partial charge in [0.05, 0.1) is 0 Å². The molecule has 0 saturated carbocycles. The molecular weight excluding hydrogens is 269 g/mol. The lowest BCUT2D eigenvalue weighted by Gasteiger charge is -2.28. The predicted molar refractivity (Wildman–Crippen MR) is 78.0 cm³/mol. The first kappa shape index (κ1) is 13.5. The maximum absolute atomic E-state index is 15.0. The zero-order valence-corrected chi connectivity index (χ0v) is 11.3. The summed E-state index contributed by atoms with van der Waals surface area (Å²) in [5.41, 5.74) is -0.923. The van der Waals surface area contributed by atoms with Crippen LogP contribution >= 0.6 is 0 Å². The summed E-state index contributed by atoms with van der Waals surface area (Å²) < 4.78 is 15.0. The largest absolute Gasteiger partial charge is 0.323 e. The Morgan fingerprint density at radius 1 is 1.05 bits per heavy atom. The van der Waals surface area contributed by atoms with Crippen LogP contribution in [0.2, 0.25) is 0 Å². The van der Waals surface area contributed by atoms with Gasteiger partial charge in [0.2, 0.25) is 5.78 Å². The third kappa shape index (κ3) is 2.33. The summed E-state index contributed by atoms with van der Waals surface area (Å²) in [6.07, 6.45) is 0.252. The lowest BCUT2D eigenvalue weighted by molar-refractivity contribution is -0.125. The van der Waals surface area contributed by atoms with Crippen molar-refractivity contribution < 1.29 is 14.0 Å². The van der Waals surface area contributed by atoms with Gasteiger partial charge in [0.25, 0.3) is 11.6 Å². The molecule has 0 saturated heterocycles. The Labute approximate surface area is 121 Å². The van der Waals surface area contributed by atoms with E-state index < -0.39 is 17.4 Å². The first-order valence-corrected chi connectivity index (χ1v) is 6.79. The predicted octanol–water partition coefficient (Wildman–Crippen LogP) is 3.16. The number of Topliss-reactive ketones (excluding diaryl/α,β-unsaturated/α-hetero) is 1. The van der Waals surface area contributed by atoms with Crippen LogP contribution in [0.4, 0.5) is 10.1 Å². The minimum absolute atomic E-state index is 0.123. The average molecular weight is 283 g/mol. The number of carbonyl (C=O) groups is 2. The van der Waals surface area contributed by atoms with Crippen LogP contribution < -0.4 is 5.32 Å². The first-order chi connectivity index (χ1) is 10.1. The minimum atomic E-state index is -2.50. The van der Waals surface area contributed by atoms with Crippen LogP contribution in [0.1, 0.15) is 22.3 Å². The third-order valence-corrected chi connectivity index (χ3v) is 3.75. The van der Waals surface area contributed by atoms with E-state index in [-0.39, 0.29) is 6.42 Å². The number of rotatable bonds is 2. The van der Waals surface area contributed by atoms with Gasteiger partial charge in [-0.2, -0.15) is 0 Å². The highest BCUT2D eigenvalue weighted by Gasteiger charge is 2.49. The molecule has 0 heterocycles. The number of amides is 1. The molecule has 0 bridgehead atoms. The van der Waals surface area contributed by atoms with Crippen molar-refractivity contribution in [2.75, 3.05) is 5.32 Å². The Morgan fingerprint density at radius 2 is 1.71 bits per heavy atom. The second kappa shape index (κ2) is 5.13. The highest BCUT2D eigenvalue weighted by Crippen LogP contribution is 2.32. The average Bonchev–Trinajstić information content (AvgIpc) is 2.52. The molecule has 106 valence electrons. The molecule has 3 nitrogen and oxygen atoms in total. The number of alkyl halides is 1. The summed E-state index contributed by atoms with van der Waals surface area (Å²) in [5.74, 6) is -1.65. The molecule has 0 unspecified atom stereocenters. The van der Waals surface area contributed by atoms with E-state index in [4.69, 9.17) is 0 Å². The Balaban J connectivity index is 1.88. The van der Waals surface area contributed by atoms with E-state index in [1.165, 1.54) is 0 Å². The monoisotopic (exact) mass is 283 g/mol. The number of hydrogen-bond acceptors (Lipinski definition) is 2. The molecule has 1 aliphatic carbocycles. The zero-order chi connectivity index (χ0) is 14.9. The van der Waals surface area contributed by atoms with E-state index >= 15 is 0 Å². The van der Waals surface area contributed by atoms with Crippen molar-refractivity contribution in [2.45, 2.75) is 18.5 Å². The molecule has 1 amide bonds. The number of halogens is 1. The normalized spacial score (nSPS) is 20.7. The molecule has 0 aliphatic heterocycles. The lowest BCUT2D eigenvalue weighted by Crippen LogP contribution is -2.48. The van der Waals surface area contributed by atoms with Crippen LogP contribution in [0.3, 0.4) is 0 Å². The van der Waals surface area contributed by atoms with Gasteiger partial charge >= 0.3 is 0 Å². The summed E-state index contributed by atoms with van der Waals surface area (Å²) in [6.45, 7) is 0. The Hall–Kier alpha value is -2.49. The number of carbonyl (C=O) groups excluding carboxylic acids is 2. The minimum Gasteiger partial charge on any atom is -0.323 e.